The quantitative estimate of drug-likeness (QED) is 0.187. The number of carbonyl (C=O) groups is 3. The molecule has 2 aliphatic heterocycles. The number of aldehydes is 1. The average molecular weight is 421 g/mol. The number of fused-ring (bicyclic) bond motifs is 1. The fraction of sp³-hybridized carbons (Fsp3) is 0.810. The fourth-order valence-electron chi connectivity index (χ4n) is 5.21. The SMILES string of the molecule is NC(N)=NCCC[C@@H](C=O)NC(=O)[C@@H]1CCCN1C(=O)C1CC2CCCCC2CN1. The second-order valence-electron chi connectivity index (χ2n) is 8.89. The molecule has 30 heavy (non-hydrogen) atoms. The maximum absolute atomic E-state index is 13.2. The topological polar surface area (TPSA) is 143 Å². The molecular formula is C21H36N6O3. The smallest absolute Gasteiger partial charge is 0.243 e. The molecule has 2 saturated heterocycles. The molecule has 3 aliphatic rings. The predicted octanol–water partition coefficient (Wildman–Crippen LogP) is -0.117. The fourth-order valence-corrected chi connectivity index (χ4v) is 5.21. The summed E-state index contributed by atoms with van der Waals surface area (Å²) in [4.78, 5) is 43.0. The average Bonchev–Trinajstić information content (AvgIpc) is 3.24. The van der Waals surface area contributed by atoms with E-state index < -0.39 is 12.1 Å². The van der Waals surface area contributed by atoms with E-state index in [4.69, 9.17) is 11.5 Å². The Labute approximate surface area is 178 Å². The van der Waals surface area contributed by atoms with E-state index in [0.717, 1.165) is 25.7 Å². The maximum Gasteiger partial charge on any atom is 0.243 e. The first-order chi connectivity index (χ1) is 14.5. The predicted molar refractivity (Wildman–Crippen MR) is 114 cm³/mol. The van der Waals surface area contributed by atoms with Crippen molar-refractivity contribution in [3.8, 4) is 0 Å². The van der Waals surface area contributed by atoms with Gasteiger partial charge in [0.15, 0.2) is 5.96 Å². The Morgan fingerprint density at radius 1 is 1.17 bits per heavy atom. The Bertz CT molecular complexity index is 651. The van der Waals surface area contributed by atoms with Crippen molar-refractivity contribution in [1.82, 2.24) is 15.5 Å². The summed E-state index contributed by atoms with van der Waals surface area (Å²) in [5.74, 6) is 1.11. The molecule has 2 heterocycles. The Morgan fingerprint density at radius 3 is 2.67 bits per heavy atom. The highest BCUT2D eigenvalue weighted by atomic mass is 16.2. The minimum atomic E-state index is -0.597. The molecule has 0 aromatic rings. The van der Waals surface area contributed by atoms with E-state index in [1.165, 1.54) is 25.7 Å². The van der Waals surface area contributed by atoms with Crippen molar-refractivity contribution in [1.29, 1.82) is 0 Å². The lowest BCUT2D eigenvalue weighted by atomic mass is 9.73. The van der Waals surface area contributed by atoms with Gasteiger partial charge in [-0.25, -0.2) is 0 Å². The molecule has 1 aliphatic carbocycles. The summed E-state index contributed by atoms with van der Waals surface area (Å²) in [7, 11) is 0. The number of guanidine groups is 1. The van der Waals surface area contributed by atoms with E-state index in [1.807, 2.05) is 0 Å². The molecule has 0 bridgehead atoms. The third-order valence-corrected chi connectivity index (χ3v) is 6.83. The van der Waals surface area contributed by atoms with Crippen molar-refractivity contribution in [3.05, 3.63) is 0 Å². The summed E-state index contributed by atoms with van der Waals surface area (Å²) < 4.78 is 0. The second kappa shape index (κ2) is 10.7. The number of aliphatic imine (C=N–C) groups is 1. The standard InChI is InChI=1S/C21H36N6O3/c22-21(23)24-9-3-7-16(13-28)26-19(29)18-8-4-10-27(18)20(30)17-11-14-5-1-2-6-15(14)12-25-17/h13-18,25H,1-12H2,(H,26,29)(H4,22,23,24)/t14?,15?,16-,17?,18-/m0/s1. The number of nitrogens with two attached hydrogens (primary N) is 2. The summed E-state index contributed by atoms with van der Waals surface area (Å²) >= 11 is 0. The van der Waals surface area contributed by atoms with Crippen LogP contribution in [0.3, 0.4) is 0 Å². The van der Waals surface area contributed by atoms with Gasteiger partial charge in [0.05, 0.1) is 12.1 Å². The zero-order valence-electron chi connectivity index (χ0n) is 17.7. The van der Waals surface area contributed by atoms with Gasteiger partial charge < -0.3 is 31.8 Å². The van der Waals surface area contributed by atoms with Crippen molar-refractivity contribution in [2.75, 3.05) is 19.6 Å². The van der Waals surface area contributed by atoms with Crippen LogP contribution in [0.15, 0.2) is 4.99 Å². The van der Waals surface area contributed by atoms with Gasteiger partial charge in [-0.1, -0.05) is 19.3 Å². The second-order valence-corrected chi connectivity index (χ2v) is 8.89. The van der Waals surface area contributed by atoms with Crippen LogP contribution in [0.4, 0.5) is 0 Å². The van der Waals surface area contributed by atoms with E-state index >= 15 is 0 Å². The lowest BCUT2D eigenvalue weighted by molar-refractivity contribution is -0.141. The third kappa shape index (κ3) is 5.71. The molecule has 5 atom stereocenters. The largest absolute Gasteiger partial charge is 0.370 e. The molecule has 3 unspecified atom stereocenters. The van der Waals surface area contributed by atoms with Crippen LogP contribution in [0.5, 0.6) is 0 Å². The van der Waals surface area contributed by atoms with Crippen LogP contribution in [-0.2, 0) is 14.4 Å². The van der Waals surface area contributed by atoms with Crippen LogP contribution in [0.1, 0.15) is 57.8 Å². The Balaban J connectivity index is 1.52. The van der Waals surface area contributed by atoms with Crippen molar-refractivity contribution < 1.29 is 14.4 Å². The van der Waals surface area contributed by atoms with Gasteiger partial charge >= 0.3 is 0 Å². The van der Waals surface area contributed by atoms with Gasteiger partial charge in [0, 0.05) is 13.1 Å². The zero-order chi connectivity index (χ0) is 21.5. The highest BCUT2D eigenvalue weighted by molar-refractivity contribution is 5.91. The highest BCUT2D eigenvalue weighted by Crippen LogP contribution is 2.36. The molecule has 6 N–H and O–H groups in total. The van der Waals surface area contributed by atoms with Gasteiger partial charge in [0.2, 0.25) is 11.8 Å². The summed E-state index contributed by atoms with van der Waals surface area (Å²) in [6, 6.07) is -1.29. The van der Waals surface area contributed by atoms with Crippen LogP contribution < -0.4 is 22.1 Å². The number of carbonyl (C=O) groups excluding carboxylic acids is 3. The first-order valence-electron chi connectivity index (χ1n) is 11.3. The monoisotopic (exact) mass is 420 g/mol. The van der Waals surface area contributed by atoms with Crippen molar-refractivity contribution in [2.24, 2.45) is 28.3 Å². The molecule has 1 saturated carbocycles. The molecule has 3 fully saturated rings. The third-order valence-electron chi connectivity index (χ3n) is 6.83. The van der Waals surface area contributed by atoms with Gasteiger partial charge in [-0.05, 0) is 56.9 Å². The molecule has 0 radical (unpaired) electrons. The number of nitrogens with one attached hydrogen (secondary N) is 2. The van der Waals surface area contributed by atoms with Crippen LogP contribution in [0.25, 0.3) is 0 Å². The number of rotatable bonds is 8. The molecule has 2 amide bonds. The molecule has 0 aromatic heterocycles. The minimum Gasteiger partial charge on any atom is -0.370 e. The van der Waals surface area contributed by atoms with Crippen LogP contribution in [0.2, 0.25) is 0 Å². The normalized spacial score (nSPS) is 29.5. The van der Waals surface area contributed by atoms with E-state index in [1.54, 1.807) is 4.90 Å². The van der Waals surface area contributed by atoms with Crippen LogP contribution in [0, 0.1) is 11.8 Å². The van der Waals surface area contributed by atoms with E-state index in [-0.39, 0.29) is 23.8 Å². The van der Waals surface area contributed by atoms with Crippen molar-refractivity contribution >= 4 is 24.1 Å². The summed E-state index contributed by atoms with van der Waals surface area (Å²) in [6.07, 6.45) is 9.10. The molecular weight excluding hydrogens is 384 g/mol. The molecule has 0 aromatic carbocycles. The summed E-state index contributed by atoms with van der Waals surface area (Å²) in [6.45, 7) is 1.90. The number of piperidine rings is 1. The maximum atomic E-state index is 13.2. The molecule has 168 valence electrons. The van der Waals surface area contributed by atoms with E-state index in [2.05, 4.69) is 15.6 Å². The van der Waals surface area contributed by atoms with Gasteiger partial charge in [0.1, 0.15) is 12.3 Å². The molecule has 9 nitrogen and oxygen atoms in total. The van der Waals surface area contributed by atoms with Crippen molar-refractivity contribution in [2.45, 2.75) is 75.9 Å². The van der Waals surface area contributed by atoms with Gasteiger partial charge in [-0.15, -0.1) is 0 Å². The molecule has 0 spiro atoms. The lowest BCUT2D eigenvalue weighted by Gasteiger charge is -2.41. The van der Waals surface area contributed by atoms with Crippen LogP contribution >= 0.6 is 0 Å². The first kappa shape index (κ1) is 22.5. The van der Waals surface area contributed by atoms with Gasteiger partial charge in [-0.2, -0.15) is 0 Å². The molecule has 9 heteroatoms. The number of hydrogen-bond acceptors (Lipinski definition) is 5. The Hall–Kier alpha value is -2.16. The lowest BCUT2D eigenvalue weighted by Crippen LogP contribution is -2.57. The number of amides is 2. The van der Waals surface area contributed by atoms with E-state index in [9.17, 15) is 14.4 Å². The first-order valence-corrected chi connectivity index (χ1v) is 11.3. The highest BCUT2D eigenvalue weighted by Gasteiger charge is 2.41. The number of nitrogens with zero attached hydrogens (tertiary/aromatic N) is 2. The summed E-state index contributed by atoms with van der Waals surface area (Å²) in [5.41, 5.74) is 10.6. The van der Waals surface area contributed by atoms with Gasteiger partial charge in [0.25, 0.3) is 0 Å². The Kier molecular flexibility index (Phi) is 8.07. The van der Waals surface area contributed by atoms with Gasteiger partial charge in [-0.3, -0.25) is 14.6 Å². The number of hydrogen-bond donors (Lipinski definition) is 4. The van der Waals surface area contributed by atoms with Crippen molar-refractivity contribution in [3.63, 3.8) is 0 Å². The summed E-state index contributed by atoms with van der Waals surface area (Å²) in [5, 5.41) is 6.24. The van der Waals surface area contributed by atoms with Crippen LogP contribution in [-0.4, -0.2) is 66.7 Å². The Morgan fingerprint density at radius 2 is 1.93 bits per heavy atom. The molecule has 3 rings (SSSR count). The number of likely N-dealkylation sites (tertiary alicyclic amines) is 1. The minimum absolute atomic E-state index is 0.0117. The zero-order valence-corrected chi connectivity index (χ0v) is 17.7. The van der Waals surface area contributed by atoms with E-state index in [0.29, 0.717) is 44.2 Å².